The van der Waals surface area contributed by atoms with Gasteiger partial charge in [0.15, 0.2) is 11.4 Å². The number of hydrogen-bond acceptors (Lipinski definition) is 8. The number of esters is 1. The Morgan fingerprint density at radius 1 is 0.891 bits per heavy atom. The Bertz CT molecular complexity index is 1800. The number of imide groups is 1. The van der Waals surface area contributed by atoms with E-state index in [0.717, 1.165) is 33.2 Å². The van der Waals surface area contributed by atoms with Gasteiger partial charge in [0.2, 0.25) is 5.43 Å². The van der Waals surface area contributed by atoms with Crippen LogP contribution in [0.2, 0.25) is 0 Å². The van der Waals surface area contributed by atoms with Crippen LogP contribution in [-0.4, -0.2) is 69.1 Å². The summed E-state index contributed by atoms with van der Waals surface area (Å²) < 4.78 is 6.62. The predicted octanol–water partition coefficient (Wildman–Crippen LogP) is 3.28. The van der Waals surface area contributed by atoms with Crippen LogP contribution in [0.5, 0.6) is 5.75 Å². The van der Waals surface area contributed by atoms with E-state index in [9.17, 15) is 29.1 Å². The molecule has 2 aliphatic heterocycles. The van der Waals surface area contributed by atoms with Gasteiger partial charge in [0.1, 0.15) is 12.8 Å². The SMILES string of the molecule is C=CC1=C(C=C)C(=O)N(CC2N(CCOC(C)=O)C(=O)c3c(O)c(=O)ccn3N2C(c2ccccc2C)c2ccccc2C)C1=O. The number of fused-ring (bicyclic) bond motifs is 1. The minimum Gasteiger partial charge on any atom is -0.502 e. The number of carbonyl (C=O) groups is 4. The van der Waals surface area contributed by atoms with Crippen molar-refractivity contribution in [3.8, 4) is 5.75 Å². The Balaban J connectivity index is 1.80. The first-order valence-corrected chi connectivity index (χ1v) is 14.7. The Morgan fingerprint density at radius 2 is 1.43 bits per heavy atom. The molecule has 5 rings (SSSR count). The molecule has 11 heteroatoms. The Morgan fingerprint density at radius 3 is 1.93 bits per heavy atom. The zero-order valence-electron chi connectivity index (χ0n) is 25.8. The summed E-state index contributed by atoms with van der Waals surface area (Å²) in [6.07, 6.45) is 2.90. The molecular weight excluding hydrogens is 588 g/mol. The second kappa shape index (κ2) is 12.7. The van der Waals surface area contributed by atoms with Crippen molar-refractivity contribution in [1.82, 2.24) is 14.5 Å². The van der Waals surface area contributed by atoms with Crippen molar-refractivity contribution in [3.63, 3.8) is 0 Å². The second-order valence-corrected chi connectivity index (χ2v) is 11.0. The quantitative estimate of drug-likeness (QED) is 0.270. The summed E-state index contributed by atoms with van der Waals surface area (Å²) in [5.41, 5.74) is 2.56. The van der Waals surface area contributed by atoms with Crippen molar-refractivity contribution in [1.29, 1.82) is 0 Å². The maximum Gasteiger partial charge on any atom is 0.302 e. The molecule has 0 saturated heterocycles. The number of pyridine rings is 1. The van der Waals surface area contributed by atoms with Crippen LogP contribution in [0.25, 0.3) is 0 Å². The van der Waals surface area contributed by atoms with Crippen LogP contribution in [0, 0.1) is 13.8 Å². The fraction of sp³-hybridized carbons (Fsp3) is 0.229. The number of aryl methyl sites for hydroxylation is 2. The molecule has 0 radical (unpaired) electrons. The maximum atomic E-state index is 14.2. The van der Waals surface area contributed by atoms with E-state index in [-0.39, 0.29) is 36.5 Å². The van der Waals surface area contributed by atoms with Gasteiger partial charge in [-0.2, -0.15) is 0 Å². The molecule has 46 heavy (non-hydrogen) atoms. The van der Waals surface area contributed by atoms with Crippen LogP contribution in [0.15, 0.2) is 102 Å². The Labute approximate surface area is 265 Å². The number of amides is 3. The number of aromatic nitrogens is 1. The number of rotatable bonds is 10. The third-order valence-electron chi connectivity index (χ3n) is 8.29. The average molecular weight is 623 g/mol. The molecule has 236 valence electrons. The molecule has 0 bridgehead atoms. The average Bonchev–Trinajstić information content (AvgIpc) is 3.26. The van der Waals surface area contributed by atoms with E-state index in [4.69, 9.17) is 4.74 Å². The minimum atomic E-state index is -1.08. The molecule has 3 amide bonds. The highest BCUT2D eigenvalue weighted by Crippen LogP contribution is 2.38. The summed E-state index contributed by atoms with van der Waals surface area (Å²) in [6, 6.07) is 15.8. The minimum absolute atomic E-state index is 0.0798. The zero-order valence-corrected chi connectivity index (χ0v) is 25.8. The smallest absolute Gasteiger partial charge is 0.302 e. The van der Waals surface area contributed by atoms with Crippen molar-refractivity contribution in [3.05, 3.63) is 135 Å². The zero-order chi connectivity index (χ0) is 33.3. The van der Waals surface area contributed by atoms with Crippen molar-refractivity contribution in [2.75, 3.05) is 24.7 Å². The number of benzene rings is 2. The molecule has 0 fully saturated rings. The molecular formula is C35H34N4O7. The van der Waals surface area contributed by atoms with E-state index in [0.29, 0.717) is 0 Å². The first-order valence-electron chi connectivity index (χ1n) is 14.7. The lowest BCUT2D eigenvalue weighted by molar-refractivity contribution is -0.141. The predicted molar refractivity (Wildman–Crippen MR) is 170 cm³/mol. The van der Waals surface area contributed by atoms with Gasteiger partial charge in [0.05, 0.1) is 30.3 Å². The molecule has 0 saturated carbocycles. The molecule has 1 N–H and O–H groups in total. The first-order chi connectivity index (χ1) is 22.0. The highest BCUT2D eigenvalue weighted by Gasteiger charge is 2.47. The van der Waals surface area contributed by atoms with Crippen LogP contribution in [0.4, 0.5) is 0 Å². The van der Waals surface area contributed by atoms with Gasteiger partial charge >= 0.3 is 5.97 Å². The molecule has 1 atom stereocenters. The fourth-order valence-electron chi connectivity index (χ4n) is 6.06. The monoisotopic (exact) mass is 622 g/mol. The molecule has 2 aromatic carbocycles. The normalized spacial score (nSPS) is 16.3. The van der Waals surface area contributed by atoms with Gasteiger partial charge in [0, 0.05) is 19.2 Å². The Hall–Kier alpha value is -5.71. The van der Waals surface area contributed by atoms with Crippen LogP contribution in [0.1, 0.15) is 45.7 Å². The number of nitrogens with zero attached hydrogens (tertiary/aromatic N) is 4. The lowest BCUT2D eigenvalue weighted by Crippen LogP contribution is -2.66. The lowest BCUT2D eigenvalue weighted by atomic mass is 9.91. The van der Waals surface area contributed by atoms with Gasteiger partial charge < -0.3 is 14.7 Å². The number of ether oxygens (including phenoxy) is 1. The first kappa shape index (κ1) is 31.7. The molecule has 0 aliphatic carbocycles. The van der Waals surface area contributed by atoms with Gasteiger partial charge in [-0.25, -0.2) is 0 Å². The van der Waals surface area contributed by atoms with Gasteiger partial charge in [-0.15, -0.1) is 0 Å². The molecule has 3 aromatic rings. The molecule has 0 spiro atoms. The summed E-state index contributed by atoms with van der Waals surface area (Å²) in [4.78, 5) is 68.2. The highest BCUT2D eigenvalue weighted by molar-refractivity contribution is 6.22. The highest BCUT2D eigenvalue weighted by atomic mass is 16.5. The van der Waals surface area contributed by atoms with Crippen molar-refractivity contribution < 1.29 is 29.0 Å². The number of aromatic hydroxyl groups is 1. The van der Waals surface area contributed by atoms with Gasteiger partial charge in [-0.05, 0) is 36.1 Å². The van der Waals surface area contributed by atoms with E-state index in [2.05, 4.69) is 13.2 Å². The van der Waals surface area contributed by atoms with E-state index in [1.807, 2.05) is 62.4 Å². The molecule has 1 aromatic heterocycles. The van der Waals surface area contributed by atoms with Crippen LogP contribution in [0.3, 0.4) is 0 Å². The van der Waals surface area contributed by atoms with E-state index < -0.39 is 47.1 Å². The second-order valence-electron chi connectivity index (χ2n) is 11.0. The van der Waals surface area contributed by atoms with Crippen LogP contribution in [-0.2, 0) is 19.1 Å². The summed E-state index contributed by atoms with van der Waals surface area (Å²) in [6.45, 7) is 11.8. The van der Waals surface area contributed by atoms with Crippen molar-refractivity contribution in [2.24, 2.45) is 0 Å². The fourth-order valence-corrected chi connectivity index (χ4v) is 6.06. The Kier molecular flexibility index (Phi) is 8.77. The summed E-state index contributed by atoms with van der Waals surface area (Å²) >= 11 is 0. The summed E-state index contributed by atoms with van der Waals surface area (Å²) in [5, 5.41) is 12.8. The van der Waals surface area contributed by atoms with Crippen molar-refractivity contribution in [2.45, 2.75) is 33.0 Å². The van der Waals surface area contributed by atoms with Crippen LogP contribution < -0.4 is 10.4 Å². The molecule has 2 aliphatic rings. The topological polar surface area (TPSA) is 129 Å². The standard InChI is InChI=1S/C35H34N4O7/c1-6-24-25(7-2)34(44)37(33(24)43)20-29-36(18-19-46-23(5)40)35(45)31-32(42)28(41)16-17-38(31)39(29)30(26-14-10-8-12-21(26)3)27-15-11-9-13-22(27)4/h6-17,29-30,42H,1-2,18-20H2,3-5H3. The third kappa shape index (κ3) is 5.40. The molecule has 3 heterocycles. The van der Waals surface area contributed by atoms with E-state index in [1.54, 1.807) is 5.01 Å². The molecule has 1 unspecified atom stereocenters. The third-order valence-corrected chi connectivity index (χ3v) is 8.29. The van der Waals surface area contributed by atoms with Crippen LogP contribution >= 0.6 is 0 Å². The van der Waals surface area contributed by atoms with Gasteiger partial charge in [-0.3, -0.25) is 38.6 Å². The largest absolute Gasteiger partial charge is 0.502 e. The summed E-state index contributed by atoms with van der Waals surface area (Å²) in [5.74, 6) is -3.31. The van der Waals surface area contributed by atoms with Gasteiger partial charge in [0.25, 0.3) is 17.7 Å². The number of carbonyl (C=O) groups excluding carboxylic acids is 4. The molecule has 11 nitrogen and oxygen atoms in total. The maximum absolute atomic E-state index is 14.2. The summed E-state index contributed by atoms with van der Waals surface area (Å²) in [7, 11) is 0. The van der Waals surface area contributed by atoms with E-state index in [1.165, 1.54) is 34.8 Å². The lowest BCUT2D eigenvalue weighted by Gasteiger charge is -2.51. The van der Waals surface area contributed by atoms with E-state index >= 15 is 0 Å². The van der Waals surface area contributed by atoms with Gasteiger partial charge in [-0.1, -0.05) is 73.8 Å². The number of hydrogen-bond donors (Lipinski definition) is 1. The van der Waals surface area contributed by atoms with Crippen molar-refractivity contribution >= 4 is 23.7 Å².